The minimum atomic E-state index is -0.922. The minimum Gasteiger partial charge on any atom is -0.315 e. The van der Waals surface area contributed by atoms with Crippen LogP contribution in [0.15, 0.2) is 18.2 Å². The van der Waals surface area contributed by atoms with E-state index in [1.165, 1.54) is 25.7 Å². The van der Waals surface area contributed by atoms with Gasteiger partial charge in [0.05, 0.1) is 11.1 Å². The van der Waals surface area contributed by atoms with Crippen LogP contribution in [0.2, 0.25) is 0 Å². The molecule has 3 fully saturated rings. The van der Waals surface area contributed by atoms with Crippen LogP contribution in [0.25, 0.3) is 0 Å². The number of hydrogen-bond donors (Lipinski definition) is 2. The largest absolute Gasteiger partial charge is 0.315 e. The molecule has 4 heterocycles. The Labute approximate surface area is 175 Å². The maximum absolute atomic E-state index is 13.0. The summed E-state index contributed by atoms with van der Waals surface area (Å²) in [5.41, 5.74) is 1.89. The van der Waals surface area contributed by atoms with Crippen LogP contribution in [0.1, 0.15) is 64.8 Å². The molecule has 4 aliphatic rings. The molecule has 0 aliphatic carbocycles. The van der Waals surface area contributed by atoms with E-state index in [0.29, 0.717) is 11.1 Å². The summed E-state index contributed by atoms with van der Waals surface area (Å²) in [5.74, 6) is -1.84. The topological polar surface area (TPSA) is 98.8 Å². The Morgan fingerprint density at radius 2 is 1.83 bits per heavy atom. The highest BCUT2D eigenvalue weighted by Crippen LogP contribution is 2.36. The van der Waals surface area contributed by atoms with Crippen LogP contribution in [0.3, 0.4) is 0 Å². The van der Waals surface area contributed by atoms with Gasteiger partial charge in [-0.3, -0.25) is 34.3 Å². The van der Waals surface area contributed by atoms with Crippen LogP contribution in [-0.2, 0) is 16.1 Å². The lowest BCUT2D eigenvalue weighted by molar-refractivity contribution is -0.136. The van der Waals surface area contributed by atoms with Crippen LogP contribution in [0.5, 0.6) is 0 Å². The molecule has 8 nitrogen and oxygen atoms in total. The van der Waals surface area contributed by atoms with Crippen molar-refractivity contribution in [2.45, 2.75) is 56.7 Å². The van der Waals surface area contributed by atoms with Gasteiger partial charge >= 0.3 is 0 Å². The van der Waals surface area contributed by atoms with Gasteiger partial charge in [-0.25, -0.2) is 0 Å². The maximum atomic E-state index is 13.0. The molecule has 2 atom stereocenters. The van der Waals surface area contributed by atoms with Gasteiger partial charge < -0.3 is 5.32 Å². The van der Waals surface area contributed by atoms with Crippen molar-refractivity contribution >= 4 is 23.6 Å². The van der Waals surface area contributed by atoms with Gasteiger partial charge in [0.1, 0.15) is 6.04 Å². The first-order chi connectivity index (χ1) is 14.5. The van der Waals surface area contributed by atoms with E-state index >= 15 is 0 Å². The smallest absolute Gasteiger partial charge is 0.262 e. The molecule has 4 aliphatic heterocycles. The van der Waals surface area contributed by atoms with Crippen LogP contribution >= 0.6 is 0 Å². The molecule has 1 aromatic carbocycles. The van der Waals surface area contributed by atoms with Gasteiger partial charge in [-0.05, 0) is 62.9 Å². The lowest BCUT2D eigenvalue weighted by Gasteiger charge is -2.42. The number of nitrogens with one attached hydrogen (secondary N) is 2. The lowest BCUT2D eigenvalue weighted by Crippen LogP contribution is -2.54. The van der Waals surface area contributed by atoms with Crippen LogP contribution in [0.4, 0.5) is 0 Å². The fourth-order valence-corrected chi connectivity index (χ4v) is 5.51. The molecule has 0 radical (unpaired) electrons. The van der Waals surface area contributed by atoms with Gasteiger partial charge in [0.2, 0.25) is 11.8 Å². The number of benzene rings is 1. The fourth-order valence-electron chi connectivity index (χ4n) is 5.51. The van der Waals surface area contributed by atoms with Crippen molar-refractivity contribution in [2.75, 3.05) is 19.6 Å². The molecular formula is C22H26N4O4. The number of carbonyl (C=O) groups is 4. The zero-order valence-electron chi connectivity index (χ0n) is 16.9. The van der Waals surface area contributed by atoms with Gasteiger partial charge in [-0.1, -0.05) is 6.07 Å². The second-order valence-electron chi connectivity index (χ2n) is 8.86. The molecular weight excluding hydrogens is 384 g/mol. The molecule has 8 heteroatoms. The number of fused-ring (bicyclic) bond motifs is 1. The summed E-state index contributed by atoms with van der Waals surface area (Å²) in [7, 11) is 0. The van der Waals surface area contributed by atoms with Gasteiger partial charge in [0, 0.05) is 25.0 Å². The Morgan fingerprint density at radius 3 is 2.60 bits per heavy atom. The second-order valence-corrected chi connectivity index (χ2v) is 8.86. The van der Waals surface area contributed by atoms with Crippen molar-refractivity contribution in [3.8, 4) is 0 Å². The van der Waals surface area contributed by atoms with E-state index in [0.717, 1.165) is 36.6 Å². The Balaban J connectivity index is 1.37. The number of carbonyl (C=O) groups excluding carboxylic acids is 4. The monoisotopic (exact) mass is 410 g/mol. The van der Waals surface area contributed by atoms with Crippen LogP contribution < -0.4 is 10.6 Å². The summed E-state index contributed by atoms with van der Waals surface area (Å²) >= 11 is 0. The van der Waals surface area contributed by atoms with Crippen molar-refractivity contribution < 1.29 is 19.2 Å². The predicted molar refractivity (Wildman–Crippen MR) is 108 cm³/mol. The molecule has 30 heavy (non-hydrogen) atoms. The number of rotatable bonds is 3. The summed E-state index contributed by atoms with van der Waals surface area (Å²) in [6, 6.07) is 4.51. The normalized spacial score (nSPS) is 29.6. The second kappa shape index (κ2) is 7.28. The van der Waals surface area contributed by atoms with E-state index < -0.39 is 23.8 Å². The quantitative estimate of drug-likeness (QED) is 0.716. The molecule has 4 amide bonds. The van der Waals surface area contributed by atoms with E-state index in [1.54, 1.807) is 6.07 Å². The van der Waals surface area contributed by atoms with Crippen LogP contribution in [0, 0.1) is 0 Å². The molecule has 0 saturated carbocycles. The molecule has 0 bridgehead atoms. The van der Waals surface area contributed by atoms with Crippen molar-refractivity contribution in [1.29, 1.82) is 0 Å². The summed E-state index contributed by atoms with van der Waals surface area (Å²) in [5, 5.41) is 5.76. The number of amides is 4. The molecule has 158 valence electrons. The highest BCUT2D eigenvalue weighted by atomic mass is 16.2. The number of hydrogen-bond acceptors (Lipinski definition) is 6. The Bertz CT molecular complexity index is 937. The molecule has 1 spiro atoms. The standard InChI is InChI=1S/C22H26N4O4/c27-18-6-5-17(19(28)24-18)26-20(29)15-4-3-14(11-16(15)21(26)30)12-25-10-2-8-22(25)7-1-9-23-13-22/h3-4,11,17,23H,1-2,5-10,12-13H2,(H,24,27,28). The maximum Gasteiger partial charge on any atom is 0.262 e. The summed E-state index contributed by atoms with van der Waals surface area (Å²) in [6.45, 7) is 3.85. The number of nitrogens with zero attached hydrogens (tertiary/aromatic N) is 2. The van der Waals surface area contributed by atoms with E-state index in [9.17, 15) is 19.2 Å². The molecule has 1 aromatic rings. The van der Waals surface area contributed by atoms with E-state index in [2.05, 4.69) is 15.5 Å². The number of imide groups is 2. The number of likely N-dealkylation sites (tertiary alicyclic amines) is 1. The Hall–Kier alpha value is -2.58. The SMILES string of the molecule is O=C1CCC(N2C(=O)c3ccc(CN4CCCC45CCCNC5)cc3C2=O)C(=O)N1. The molecule has 2 N–H and O–H groups in total. The third-order valence-electron chi connectivity index (χ3n) is 7.07. The van der Waals surface area contributed by atoms with Gasteiger partial charge in [0.15, 0.2) is 0 Å². The third kappa shape index (κ3) is 3.06. The van der Waals surface area contributed by atoms with Gasteiger partial charge in [-0.2, -0.15) is 0 Å². The third-order valence-corrected chi connectivity index (χ3v) is 7.07. The summed E-state index contributed by atoms with van der Waals surface area (Å²) in [4.78, 5) is 53.1. The first kappa shape index (κ1) is 19.4. The highest BCUT2D eigenvalue weighted by Gasteiger charge is 2.45. The molecule has 2 unspecified atom stereocenters. The van der Waals surface area contributed by atoms with Crippen molar-refractivity contribution in [3.05, 3.63) is 34.9 Å². The van der Waals surface area contributed by atoms with E-state index in [4.69, 9.17) is 0 Å². The summed E-state index contributed by atoms with van der Waals surface area (Å²) < 4.78 is 0. The van der Waals surface area contributed by atoms with Gasteiger partial charge in [0.25, 0.3) is 11.8 Å². The average molecular weight is 410 g/mol. The predicted octanol–water partition coefficient (Wildman–Crippen LogP) is 0.806. The van der Waals surface area contributed by atoms with Gasteiger partial charge in [-0.15, -0.1) is 0 Å². The zero-order valence-corrected chi connectivity index (χ0v) is 16.9. The summed E-state index contributed by atoms with van der Waals surface area (Å²) in [6.07, 6.45) is 5.02. The first-order valence-corrected chi connectivity index (χ1v) is 10.8. The zero-order chi connectivity index (χ0) is 20.9. The highest BCUT2D eigenvalue weighted by molar-refractivity contribution is 6.23. The lowest BCUT2D eigenvalue weighted by atomic mass is 9.87. The number of piperidine rings is 2. The Kier molecular flexibility index (Phi) is 4.71. The van der Waals surface area contributed by atoms with Crippen molar-refractivity contribution in [2.24, 2.45) is 0 Å². The molecule has 3 saturated heterocycles. The van der Waals surface area contributed by atoms with Crippen molar-refractivity contribution in [1.82, 2.24) is 20.4 Å². The van der Waals surface area contributed by atoms with Crippen molar-refractivity contribution in [3.63, 3.8) is 0 Å². The fraction of sp³-hybridized carbons (Fsp3) is 0.545. The first-order valence-electron chi connectivity index (χ1n) is 10.8. The van der Waals surface area contributed by atoms with E-state index in [1.807, 2.05) is 12.1 Å². The average Bonchev–Trinajstić information content (AvgIpc) is 3.21. The molecule has 5 rings (SSSR count). The molecule has 0 aromatic heterocycles. The van der Waals surface area contributed by atoms with E-state index in [-0.39, 0.29) is 24.3 Å². The minimum absolute atomic E-state index is 0.125. The Morgan fingerprint density at radius 1 is 1.03 bits per heavy atom. The van der Waals surface area contributed by atoms with Crippen LogP contribution in [-0.4, -0.2) is 64.6 Å².